The maximum atomic E-state index is 11.6. The lowest BCUT2D eigenvalue weighted by atomic mass is 9.89. The smallest absolute Gasteiger partial charge is 0.323 e. The van der Waals surface area contributed by atoms with Crippen molar-refractivity contribution < 1.29 is 9.90 Å². The third-order valence-corrected chi connectivity index (χ3v) is 5.55. The zero-order chi connectivity index (χ0) is 12.8. The highest BCUT2D eigenvalue weighted by molar-refractivity contribution is 7.10. The lowest BCUT2D eigenvalue weighted by Gasteiger charge is -2.39. The molecule has 1 N–H and O–H groups in total. The van der Waals surface area contributed by atoms with E-state index in [1.165, 1.54) is 23.3 Å². The molecule has 0 radical (unpaired) electrons. The van der Waals surface area contributed by atoms with Crippen LogP contribution in [-0.4, -0.2) is 28.1 Å². The molecule has 3 nitrogen and oxygen atoms in total. The van der Waals surface area contributed by atoms with Crippen LogP contribution in [0.1, 0.15) is 49.1 Å². The number of aryl methyl sites for hydroxylation is 1. The Kier molecular flexibility index (Phi) is 2.94. The minimum atomic E-state index is -0.665. The van der Waals surface area contributed by atoms with Gasteiger partial charge in [0.2, 0.25) is 0 Å². The van der Waals surface area contributed by atoms with E-state index < -0.39 is 11.5 Å². The molecule has 1 saturated heterocycles. The van der Waals surface area contributed by atoms with Crippen molar-refractivity contribution in [1.82, 2.24) is 4.90 Å². The SMILES string of the molecule is CC1(C(=O)O)CCCN1C1CCCc2sccc21. The maximum absolute atomic E-state index is 11.6. The third kappa shape index (κ3) is 1.70. The van der Waals surface area contributed by atoms with Gasteiger partial charge in [-0.1, -0.05) is 0 Å². The molecule has 1 aromatic heterocycles. The second-order valence-electron chi connectivity index (χ2n) is 5.58. The number of rotatable bonds is 2. The molecule has 98 valence electrons. The lowest BCUT2D eigenvalue weighted by Crippen LogP contribution is -2.49. The Labute approximate surface area is 111 Å². The highest BCUT2D eigenvalue weighted by atomic mass is 32.1. The number of aliphatic carboxylic acids is 1. The molecule has 2 atom stereocenters. The van der Waals surface area contributed by atoms with Crippen LogP contribution in [0, 0.1) is 0 Å². The highest BCUT2D eigenvalue weighted by Gasteiger charge is 2.47. The van der Waals surface area contributed by atoms with Gasteiger partial charge >= 0.3 is 5.97 Å². The normalized spacial score (nSPS) is 32.4. The molecule has 1 aliphatic heterocycles. The predicted molar refractivity (Wildman–Crippen MR) is 72.0 cm³/mol. The van der Waals surface area contributed by atoms with Crippen LogP contribution in [0.3, 0.4) is 0 Å². The summed E-state index contributed by atoms with van der Waals surface area (Å²) in [5.41, 5.74) is 0.724. The second kappa shape index (κ2) is 4.35. The van der Waals surface area contributed by atoms with Crippen molar-refractivity contribution in [3.05, 3.63) is 21.9 Å². The summed E-state index contributed by atoms with van der Waals surface area (Å²) < 4.78 is 0. The topological polar surface area (TPSA) is 40.5 Å². The van der Waals surface area contributed by atoms with Gasteiger partial charge < -0.3 is 5.11 Å². The number of nitrogens with zero attached hydrogens (tertiary/aromatic N) is 1. The minimum absolute atomic E-state index is 0.323. The first-order valence-corrected chi connectivity index (χ1v) is 7.57. The Bertz CT molecular complexity index is 470. The molecule has 2 heterocycles. The number of carboxylic acid groups (broad SMARTS) is 1. The number of fused-ring (bicyclic) bond motifs is 1. The van der Waals surface area contributed by atoms with E-state index in [-0.39, 0.29) is 0 Å². The predicted octanol–water partition coefficient (Wildman–Crippen LogP) is 3.06. The number of hydrogen-bond donors (Lipinski definition) is 1. The average molecular weight is 265 g/mol. The maximum Gasteiger partial charge on any atom is 0.323 e. The molecular formula is C14H19NO2S. The summed E-state index contributed by atoms with van der Waals surface area (Å²) in [6.45, 7) is 2.81. The molecule has 1 aromatic rings. The summed E-state index contributed by atoms with van der Waals surface area (Å²) in [5, 5.41) is 11.7. The van der Waals surface area contributed by atoms with Crippen LogP contribution in [0.15, 0.2) is 11.4 Å². The van der Waals surface area contributed by atoms with Crippen molar-refractivity contribution in [1.29, 1.82) is 0 Å². The molecule has 0 amide bonds. The number of thiophene rings is 1. The number of carboxylic acids is 1. The van der Waals surface area contributed by atoms with Gasteiger partial charge in [0.25, 0.3) is 0 Å². The van der Waals surface area contributed by atoms with Gasteiger partial charge in [0.15, 0.2) is 0 Å². The first-order chi connectivity index (χ1) is 8.63. The Hall–Kier alpha value is -0.870. The quantitative estimate of drug-likeness (QED) is 0.893. The van der Waals surface area contributed by atoms with Gasteiger partial charge in [-0.15, -0.1) is 11.3 Å². The fraction of sp³-hybridized carbons (Fsp3) is 0.643. The van der Waals surface area contributed by atoms with Crippen LogP contribution in [-0.2, 0) is 11.2 Å². The lowest BCUT2D eigenvalue weighted by molar-refractivity contribution is -0.150. The Morgan fingerprint density at radius 2 is 2.39 bits per heavy atom. The number of likely N-dealkylation sites (tertiary alicyclic amines) is 1. The van der Waals surface area contributed by atoms with Crippen LogP contribution in [0.5, 0.6) is 0 Å². The molecule has 4 heteroatoms. The zero-order valence-corrected chi connectivity index (χ0v) is 11.5. The van der Waals surface area contributed by atoms with Gasteiger partial charge in [0.05, 0.1) is 0 Å². The molecule has 0 spiro atoms. The molecule has 1 fully saturated rings. The highest BCUT2D eigenvalue weighted by Crippen LogP contribution is 2.43. The molecular weight excluding hydrogens is 246 g/mol. The summed E-state index contributed by atoms with van der Waals surface area (Å²) >= 11 is 1.82. The monoisotopic (exact) mass is 265 g/mol. The largest absolute Gasteiger partial charge is 0.480 e. The van der Waals surface area contributed by atoms with E-state index >= 15 is 0 Å². The summed E-state index contributed by atoms with van der Waals surface area (Å²) in [5.74, 6) is -0.664. The third-order valence-electron chi connectivity index (χ3n) is 4.55. The van der Waals surface area contributed by atoms with E-state index in [1.807, 2.05) is 18.3 Å². The minimum Gasteiger partial charge on any atom is -0.480 e. The van der Waals surface area contributed by atoms with E-state index in [4.69, 9.17) is 0 Å². The van der Waals surface area contributed by atoms with E-state index in [2.05, 4.69) is 16.3 Å². The van der Waals surface area contributed by atoms with Crippen LogP contribution in [0.25, 0.3) is 0 Å². The van der Waals surface area contributed by atoms with Gasteiger partial charge in [-0.05, 0) is 62.6 Å². The fourth-order valence-corrected chi connectivity index (χ4v) is 4.48. The van der Waals surface area contributed by atoms with Crippen LogP contribution >= 0.6 is 11.3 Å². The second-order valence-corrected chi connectivity index (χ2v) is 6.58. The number of hydrogen-bond acceptors (Lipinski definition) is 3. The molecule has 2 aliphatic rings. The van der Waals surface area contributed by atoms with E-state index in [1.54, 1.807) is 0 Å². The first-order valence-electron chi connectivity index (χ1n) is 6.69. The summed E-state index contributed by atoms with van der Waals surface area (Å²) in [6.07, 6.45) is 5.23. The Balaban J connectivity index is 1.95. The molecule has 0 aromatic carbocycles. The molecule has 3 rings (SSSR count). The van der Waals surface area contributed by atoms with Crippen molar-refractivity contribution in [3.8, 4) is 0 Å². The summed E-state index contributed by atoms with van der Waals surface area (Å²) in [4.78, 5) is 15.3. The molecule has 2 unspecified atom stereocenters. The van der Waals surface area contributed by atoms with Crippen molar-refractivity contribution in [2.45, 2.75) is 50.6 Å². The Morgan fingerprint density at radius 3 is 3.17 bits per heavy atom. The zero-order valence-electron chi connectivity index (χ0n) is 10.7. The van der Waals surface area contributed by atoms with Crippen LogP contribution < -0.4 is 0 Å². The van der Waals surface area contributed by atoms with Gasteiger partial charge in [-0.2, -0.15) is 0 Å². The first kappa shape index (κ1) is 12.2. The van der Waals surface area contributed by atoms with Crippen molar-refractivity contribution >= 4 is 17.3 Å². The van der Waals surface area contributed by atoms with Gasteiger partial charge in [-0.25, -0.2) is 0 Å². The summed E-state index contributed by atoms with van der Waals surface area (Å²) in [7, 11) is 0. The molecule has 1 aliphatic carbocycles. The van der Waals surface area contributed by atoms with Crippen LogP contribution in [0.4, 0.5) is 0 Å². The Morgan fingerprint density at radius 1 is 1.56 bits per heavy atom. The molecule has 0 saturated carbocycles. The van der Waals surface area contributed by atoms with E-state index in [0.29, 0.717) is 6.04 Å². The fourth-order valence-electron chi connectivity index (χ4n) is 3.50. The van der Waals surface area contributed by atoms with Gasteiger partial charge in [0.1, 0.15) is 5.54 Å². The molecule has 0 bridgehead atoms. The van der Waals surface area contributed by atoms with E-state index in [0.717, 1.165) is 25.8 Å². The number of carbonyl (C=O) groups is 1. The van der Waals surface area contributed by atoms with Crippen molar-refractivity contribution in [2.24, 2.45) is 0 Å². The molecule has 18 heavy (non-hydrogen) atoms. The van der Waals surface area contributed by atoms with Gasteiger partial charge in [0, 0.05) is 10.9 Å². The standard InChI is InChI=1S/C14H19NO2S/c1-14(13(16)17)7-3-8-15(14)11-4-2-5-12-10(11)6-9-18-12/h6,9,11H,2-5,7-8H2,1H3,(H,16,17). The summed E-state index contributed by atoms with van der Waals surface area (Å²) in [6, 6.07) is 2.52. The van der Waals surface area contributed by atoms with Crippen molar-refractivity contribution in [2.75, 3.05) is 6.54 Å². The van der Waals surface area contributed by atoms with Gasteiger partial charge in [-0.3, -0.25) is 9.69 Å². The van der Waals surface area contributed by atoms with Crippen LogP contribution in [0.2, 0.25) is 0 Å². The van der Waals surface area contributed by atoms with E-state index in [9.17, 15) is 9.90 Å². The van der Waals surface area contributed by atoms with Crippen molar-refractivity contribution in [3.63, 3.8) is 0 Å². The average Bonchev–Trinajstić information content (AvgIpc) is 2.95.